The maximum atomic E-state index is 11.9. The Labute approximate surface area is 94.1 Å². The lowest BCUT2D eigenvalue weighted by Gasteiger charge is -2.15. The molecular formula is C9H14N2O2S2. The topological polar surface area (TPSA) is 63.4 Å². The van der Waals surface area contributed by atoms with Crippen molar-refractivity contribution < 1.29 is 8.42 Å². The van der Waals surface area contributed by atoms with E-state index in [1.54, 1.807) is 12.3 Å². The first-order valence-corrected chi connectivity index (χ1v) is 6.60. The standard InChI is InChI=1S/C9H14N2O2S2/c1-7(2)5-11(3)15(12,13)9-4-8(10)6-14-9/h4,6H,1,5,10H2,2-3H3. The van der Waals surface area contributed by atoms with Gasteiger partial charge in [0, 0.05) is 24.7 Å². The highest BCUT2D eigenvalue weighted by atomic mass is 32.2. The summed E-state index contributed by atoms with van der Waals surface area (Å²) in [7, 11) is -1.87. The average Bonchev–Trinajstić information content (AvgIpc) is 2.50. The molecule has 2 N–H and O–H groups in total. The Morgan fingerprint density at radius 1 is 1.67 bits per heavy atom. The number of hydrogen-bond acceptors (Lipinski definition) is 4. The van der Waals surface area contributed by atoms with Crippen molar-refractivity contribution in [3.05, 3.63) is 23.6 Å². The van der Waals surface area contributed by atoms with Gasteiger partial charge in [-0.05, 0) is 13.0 Å². The molecule has 0 aliphatic heterocycles. The molecule has 15 heavy (non-hydrogen) atoms. The molecule has 1 aromatic rings. The molecule has 0 bridgehead atoms. The SMILES string of the molecule is C=C(C)CN(C)S(=O)(=O)c1cc(N)cs1. The number of thiophene rings is 1. The Morgan fingerprint density at radius 2 is 2.27 bits per heavy atom. The molecule has 0 saturated carbocycles. The van der Waals surface area contributed by atoms with Gasteiger partial charge in [0.05, 0.1) is 0 Å². The van der Waals surface area contributed by atoms with Crippen LogP contribution in [0.2, 0.25) is 0 Å². The second-order valence-corrected chi connectivity index (χ2v) is 6.60. The van der Waals surface area contributed by atoms with E-state index in [1.165, 1.54) is 17.4 Å². The van der Waals surface area contributed by atoms with Crippen molar-refractivity contribution >= 4 is 27.0 Å². The molecule has 0 saturated heterocycles. The molecule has 1 aromatic heterocycles. The van der Waals surface area contributed by atoms with Gasteiger partial charge in [0.1, 0.15) is 4.21 Å². The first-order valence-electron chi connectivity index (χ1n) is 4.29. The highest BCUT2D eigenvalue weighted by Gasteiger charge is 2.22. The van der Waals surface area contributed by atoms with E-state index in [1.807, 2.05) is 0 Å². The summed E-state index contributed by atoms with van der Waals surface area (Å²) >= 11 is 1.13. The zero-order valence-electron chi connectivity index (χ0n) is 8.73. The van der Waals surface area contributed by atoms with E-state index in [4.69, 9.17) is 5.73 Å². The third kappa shape index (κ3) is 2.80. The molecule has 0 amide bonds. The minimum Gasteiger partial charge on any atom is -0.398 e. The minimum atomic E-state index is -3.40. The van der Waals surface area contributed by atoms with E-state index < -0.39 is 10.0 Å². The van der Waals surface area contributed by atoms with Gasteiger partial charge in [0.15, 0.2) is 0 Å². The predicted octanol–water partition coefficient (Wildman–Crippen LogP) is 1.53. The first-order chi connectivity index (χ1) is 6.84. The molecule has 0 aromatic carbocycles. The molecule has 0 fully saturated rings. The summed E-state index contributed by atoms with van der Waals surface area (Å²) < 4.78 is 25.4. The number of sulfonamides is 1. The Hall–Kier alpha value is -0.850. The number of likely N-dealkylation sites (N-methyl/N-ethyl adjacent to an activating group) is 1. The smallest absolute Gasteiger partial charge is 0.252 e. The van der Waals surface area contributed by atoms with Gasteiger partial charge in [-0.2, -0.15) is 4.31 Å². The lowest BCUT2D eigenvalue weighted by atomic mass is 10.4. The Kier molecular flexibility index (Phi) is 3.54. The summed E-state index contributed by atoms with van der Waals surface area (Å²) in [6.07, 6.45) is 0. The largest absolute Gasteiger partial charge is 0.398 e. The van der Waals surface area contributed by atoms with E-state index in [-0.39, 0.29) is 4.21 Å². The van der Waals surface area contributed by atoms with Crippen LogP contribution in [0.1, 0.15) is 6.92 Å². The van der Waals surface area contributed by atoms with Crippen molar-refractivity contribution in [1.29, 1.82) is 0 Å². The third-order valence-electron chi connectivity index (χ3n) is 1.75. The third-order valence-corrected chi connectivity index (χ3v) is 4.99. The molecule has 84 valence electrons. The fourth-order valence-electron chi connectivity index (χ4n) is 1.08. The summed E-state index contributed by atoms with van der Waals surface area (Å²) in [5, 5.41) is 1.61. The van der Waals surface area contributed by atoms with E-state index in [0.29, 0.717) is 12.2 Å². The Morgan fingerprint density at radius 3 is 2.67 bits per heavy atom. The Bertz CT molecular complexity index is 462. The van der Waals surface area contributed by atoms with Gasteiger partial charge < -0.3 is 5.73 Å². The molecule has 0 unspecified atom stereocenters. The normalized spacial score (nSPS) is 11.9. The number of anilines is 1. The molecule has 0 aliphatic rings. The van der Waals surface area contributed by atoms with Crippen LogP contribution in [-0.2, 0) is 10.0 Å². The van der Waals surface area contributed by atoms with Crippen LogP contribution in [0.4, 0.5) is 5.69 Å². The molecule has 0 radical (unpaired) electrons. The number of rotatable bonds is 4. The van der Waals surface area contributed by atoms with Crippen molar-refractivity contribution in [2.75, 3.05) is 19.3 Å². The Balaban J connectivity index is 2.98. The van der Waals surface area contributed by atoms with Gasteiger partial charge in [0.2, 0.25) is 0 Å². The summed E-state index contributed by atoms with van der Waals surface area (Å²) in [6.45, 7) is 5.79. The van der Waals surface area contributed by atoms with Crippen molar-refractivity contribution in [2.24, 2.45) is 0 Å². The molecule has 0 atom stereocenters. The molecule has 1 rings (SSSR count). The van der Waals surface area contributed by atoms with Crippen LogP contribution in [0.3, 0.4) is 0 Å². The molecule has 1 heterocycles. The molecule has 0 aliphatic carbocycles. The zero-order chi connectivity index (χ0) is 11.6. The summed E-state index contributed by atoms with van der Waals surface area (Å²) in [4.78, 5) is 0. The van der Waals surface area contributed by atoms with E-state index in [2.05, 4.69) is 6.58 Å². The van der Waals surface area contributed by atoms with Gasteiger partial charge in [0.25, 0.3) is 10.0 Å². The quantitative estimate of drug-likeness (QED) is 0.819. The van der Waals surface area contributed by atoms with Gasteiger partial charge in [-0.1, -0.05) is 12.2 Å². The predicted molar refractivity (Wildman–Crippen MR) is 63.4 cm³/mol. The van der Waals surface area contributed by atoms with Crippen molar-refractivity contribution in [1.82, 2.24) is 4.31 Å². The van der Waals surface area contributed by atoms with Gasteiger partial charge in [-0.15, -0.1) is 11.3 Å². The number of nitrogens with two attached hydrogens (primary N) is 1. The fraction of sp³-hybridized carbons (Fsp3) is 0.333. The minimum absolute atomic E-state index is 0.267. The van der Waals surface area contributed by atoms with E-state index in [9.17, 15) is 8.42 Å². The number of nitrogens with zero attached hydrogens (tertiary/aromatic N) is 1. The van der Waals surface area contributed by atoms with Crippen LogP contribution in [0.25, 0.3) is 0 Å². The summed E-state index contributed by atoms with van der Waals surface area (Å²) in [5.74, 6) is 0. The van der Waals surface area contributed by atoms with Crippen molar-refractivity contribution in [3.8, 4) is 0 Å². The van der Waals surface area contributed by atoms with Crippen molar-refractivity contribution in [2.45, 2.75) is 11.1 Å². The van der Waals surface area contributed by atoms with Crippen LogP contribution in [0.15, 0.2) is 27.8 Å². The highest BCUT2D eigenvalue weighted by molar-refractivity contribution is 7.91. The average molecular weight is 246 g/mol. The lowest BCUT2D eigenvalue weighted by Crippen LogP contribution is -2.27. The zero-order valence-corrected chi connectivity index (χ0v) is 10.4. The van der Waals surface area contributed by atoms with E-state index in [0.717, 1.165) is 16.9 Å². The second-order valence-electron chi connectivity index (χ2n) is 3.42. The summed E-state index contributed by atoms with van der Waals surface area (Å²) in [6, 6.07) is 1.47. The number of nitrogen functional groups attached to an aromatic ring is 1. The van der Waals surface area contributed by atoms with Crippen LogP contribution in [0.5, 0.6) is 0 Å². The molecule has 4 nitrogen and oxygen atoms in total. The molecule has 6 heteroatoms. The maximum Gasteiger partial charge on any atom is 0.252 e. The second kappa shape index (κ2) is 4.34. The van der Waals surface area contributed by atoms with Crippen LogP contribution in [0, 0.1) is 0 Å². The first kappa shape index (κ1) is 12.2. The fourth-order valence-corrected chi connectivity index (χ4v) is 3.60. The summed E-state index contributed by atoms with van der Waals surface area (Å²) in [5.41, 5.74) is 6.76. The lowest BCUT2D eigenvalue weighted by molar-refractivity contribution is 0.495. The maximum absolute atomic E-state index is 11.9. The van der Waals surface area contributed by atoms with Gasteiger partial charge >= 0.3 is 0 Å². The number of hydrogen-bond donors (Lipinski definition) is 1. The molecule has 0 spiro atoms. The van der Waals surface area contributed by atoms with Gasteiger partial charge in [-0.3, -0.25) is 0 Å². The van der Waals surface area contributed by atoms with Crippen LogP contribution >= 0.6 is 11.3 Å². The van der Waals surface area contributed by atoms with Gasteiger partial charge in [-0.25, -0.2) is 8.42 Å². The highest BCUT2D eigenvalue weighted by Crippen LogP contribution is 2.24. The van der Waals surface area contributed by atoms with E-state index >= 15 is 0 Å². The van der Waals surface area contributed by atoms with Crippen LogP contribution in [-0.4, -0.2) is 26.3 Å². The molecular weight excluding hydrogens is 232 g/mol. The van der Waals surface area contributed by atoms with Crippen molar-refractivity contribution in [3.63, 3.8) is 0 Å². The monoisotopic (exact) mass is 246 g/mol. The van der Waals surface area contributed by atoms with Crippen LogP contribution < -0.4 is 5.73 Å².